The summed E-state index contributed by atoms with van der Waals surface area (Å²) in [6, 6.07) is 7.87. The Hall–Kier alpha value is -3.80. The Bertz CT molecular complexity index is 1440. The average Bonchev–Trinajstić information content (AvgIpc) is 2.83. The van der Waals surface area contributed by atoms with Gasteiger partial charge in [-0.2, -0.15) is 9.78 Å². The van der Waals surface area contributed by atoms with E-state index in [0.29, 0.717) is 21.2 Å². The number of nitrogens with zero attached hydrogens (tertiary/aromatic N) is 4. The third-order valence-electron chi connectivity index (χ3n) is 5.19. The molecule has 3 aromatic rings. The highest BCUT2D eigenvalue weighted by Crippen LogP contribution is 2.39. The average molecular weight is 575 g/mol. The van der Waals surface area contributed by atoms with Crippen molar-refractivity contribution < 1.29 is 23.9 Å². The summed E-state index contributed by atoms with van der Waals surface area (Å²) in [4.78, 5) is 41.2. The van der Waals surface area contributed by atoms with Crippen LogP contribution in [-0.2, 0) is 14.9 Å². The number of aromatic nitrogens is 2. The number of carbonyl (C=O) groups excluding carboxylic acids is 1. The molecule has 37 heavy (non-hydrogen) atoms. The number of fused-ring (bicyclic) bond motifs is 1. The molecule has 0 radical (unpaired) electrons. The van der Waals surface area contributed by atoms with E-state index in [9.17, 15) is 19.7 Å². The summed E-state index contributed by atoms with van der Waals surface area (Å²) in [6.07, 6.45) is 0.193. The van der Waals surface area contributed by atoms with E-state index in [4.69, 9.17) is 14.2 Å². The van der Waals surface area contributed by atoms with Crippen molar-refractivity contribution in [2.45, 2.75) is 46.1 Å². The molecular formula is C25H27BrN4O7. The number of halogens is 1. The molecule has 0 aliphatic heterocycles. The van der Waals surface area contributed by atoms with Gasteiger partial charge >= 0.3 is 11.7 Å². The second-order valence-electron chi connectivity index (χ2n) is 9.05. The monoisotopic (exact) mass is 574 g/mol. The molecule has 1 aromatic heterocycles. The topological polar surface area (TPSA) is 135 Å². The summed E-state index contributed by atoms with van der Waals surface area (Å²) >= 11 is 3.37. The van der Waals surface area contributed by atoms with Crippen LogP contribution in [0.1, 0.15) is 46.0 Å². The molecule has 1 heterocycles. The smallest absolute Gasteiger partial charge is 0.347 e. The Morgan fingerprint density at radius 3 is 2.59 bits per heavy atom. The lowest BCUT2D eigenvalue weighted by molar-refractivity contribution is -0.386. The lowest BCUT2D eigenvalue weighted by Gasteiger charge is -2.21. The van der Waals surface area contributed by atoms with E-state index in [2.05, 4.69) is 26.0 Å². The molecule has 0 saturated heterocycles. The van der Waals surface area contributed by atoms with Gasteiger partial charge in [0, 0.05) is 21.5 Å². The summed E-state index contributed by atoms with van der Waals surface area (Å²) in [5, 5.41) is 16.6. The SMILES string of the molecule is CCOC(=O)[C@@H](C)Oc1c(OC)cc(C=Nn2c(C(C)(C)C)nc3ccc(Br)cc3c2=O)cc1[N+](=O)[O-]. The van der Waals surface area contributed by atoms with E-state index >= 15 is 0 Å². The Balaban J connectivity index is 2.14. The number of hydrogen-bond acceptors (Lipinski definition) is 9. The van der Waals surface area contributed by atoms with Crippen molar-refractivity contribution in [2.24, 2.45) is 5.10 Å². The van der Waals surface area contributed by atoms with Crippen LogP contribution in [0.4, 0.5) is 5.69 Å². The summed E-state index contributed by atoms with van der Waals surface area (Å²) in [7, 11) is 1.31. The van der Waals surface area contributed by atoms with Crippen molar-refractivity contribution in [3.8, 4) is 11.5 Å². The van der Waals surface area contributed by atoms with Crippen molar-refractivity contribution in [2.75, 3.05) is 13.7 Å². The molecule has 0 unspecified atom stereocenters. The van der Waals surface area contributed by atoms with Crippen LogP contribution >= 0.6 is 15.9 Å². The van der Waals surface area contributed by atoms with E-state index < -0.39 is 33.7 Å². The molecule has 0 spiro atoms. The molecule has 2 aromatic carbocycles. The van der Waals surface area contributed by atoms with Crippen LogP contribution in [0, 0.1) is 10.1 Å². The molecule has 0 bridgehead atoms. The van der Waals surface area contributed by atoms with E-state index in [-0.39, 0.29) is 23.7 Å². The zero-order valence-corrected chi connectivity index (χ0v) is 22.9. The van der Waals surface area contributed by atoms with Crippen molar-refractivity contribution in [3.63, 3.8) is 0 Å². The largest absolute Gasteiger partial charge is 0.493 e. The molecule has 196 valence electrons. The molecule has 0 aliphatic carbocycles. The van der Waals surface area contributed by atoms with Gasteiger partial charge in [-0.25, -0.2) is 9.78 Å². The predicted molar refractivity (Wildman–Crippen MR) is 142 cm³/mol. The lowest BCUT2D eigenvalue weighted by Crippen LogP contribution is -2.29. The summed E-state index contributed by atoms with van der Waals surface area (Å²) in [5.74, 6) is -0.479. The van der Waals surface area contributed by atoms with Crippen LogP contribution in [0.3, 0.4) is 0 Å². The molecule has 12 heteroatoms. The highest BCUT2D eigenvalue weighted by molar-refractivity contribution is 9.10. The van der Waals surface area contributed by atoms with Crippen molar-refractivity contribution in [1.29, 1.82) is 0 Å². The summed E-state index contributed by atoms with van der Waals surface area (Å²) in [5.41, 5.74) is -0.583. The van der Waals surface area contributed by atoms with E-state index in [0.717, 1.165) is 0 Å². The number of esters is 1. The van der Waals surface area contributed by atoms with Crippen molar-refractivity contribution >= 4 is 44.7 Å². The maximum Gasteiger partial charge on any atom is 0.347 e. The van der Waals surface area contributed by atoms with Crippen LogP contribution in [0.5, 0.6) is 11.5 Å². The maximum atomic E-state index is 13.4. The van der Waals surface area contributed by atoms with E-state index in [1.807, 2.05) is 20.8 Å². The first-order valence-corrected chi connectivity index (χ1v) is 12.1. The molecule has 0 saturated carbocycles. The highest BCUT2D eigenvalue weighted by Gasteiger charge is 2.27. The van der Waals surface area contributed by atoms with Gasteiger partial charge < -0.3 is 14.2 Å². The van der Waals surface area contributed by atoms with Gasteiger partial charge in [0.1, 0.15) is 5.82 Å². The first kappa shape index (κ1) is 27.8. The number of carbonyl (C=O) groups is 1. The Kier molecular flexibility index (Phi) is 8.32. The van der Waals surface area contributed by atoms with Crippen LogP contribution in [0.2, 0.25) is 0 Å². The summed E-state index contributed by atoms with van der Waals surface area (Å²) in [6.45, 7) is 8.89. The van der Waals surface area contributed by atoms with Gasteiger partial charge in [-0.15, -0.1) is 0 Å². The number of hydrogen-bond donors (Lipinski definition) is 0. The van der Waals surface area contributed by atoms with Crippen molar-refractivity contribution in [3.05, 3.63) is 66.7 Å². The standard InChI is InChI=1S/C25H27BrN4O7/c1-7-36-23(32)14(2)37-21-19(30(33)34)10-15(11-20(21)35-6)13-27-29-22(31)17-12-16(26)8-9-18(17)28-24(29)25(3,4)5/h8-14H,7H2,1-6H3/t14-/m1/s1. The zero-order valence-electron chi connectivity index (χ0n) is 21.3. The first-order chi connectivity index (χ1) is 17.4. The Labute approximate surface area is 221 Å². The van der Waals surface area contributed by atoms with Gasteiger partial charge in [0.25, 0.3) is 5.56 Å². The number of nitro benzene ring substituents is 1. The summed E-state index contributed by atoms with van der Waals surface area (Å²) < 4.78 is 17.7. The van der Waals surface area contributed by atoms with Crippen LogP contribution in [-0.4, -0.2) is 46.6 Å². The molecule has 0 N–H and O–H groups in total. The normalized spacial score (nSPS) is 12.5. The molecule has 0 aliphatic rings. The molecule has 1 atom stereocenters. The number of ether oxygens (including phenoxy) is 3. The van der Waals surface area contributed by atoms with Crippen LogP contribution in [0.15, 0.2) is 44.7 Å². The van der Waals surface area contributed by atoms with E-state index in [1.165, 1.54) is 37.1 Å². The van der Waals surface area contributed by atoms with Gasteiger partial charge in [0.15, 0.2) is 11.9 Å². The molecular weight excluding hydrogens is 548 g/mol. The van der Waals surface area contributed by atoms with Crippen molar-refractivity contribution in [1.82, 2.24) is 9.66 Å². The minimum absolute atomic E-state index is 0.00996. The van der Waals surface area contributed by atoms with Gasteiger partial charge in [-0.05, 0) is 38.1 Å². The fourth-order valence-corrected chi connectivity index (χ4v) is 3.80. The Morgan fingerprint density at radius 1 is 1.30 bits per heavy atom. The molecule has 3 rings (SSSR count). The lowest BCUT2D eigenvalue weighted by atomic mass is 9.95. The predicted octanol–water partition coefficient (Wildman–Crippen LogP) is 4.59. The first-order valence-electron chi connectivity index (χ1n) is 11.3. The van der Waals surface area contributed by atoms with Gasteiger partial charge in [-0.3, -0.25) is 14.9 Å². The molecule has 0 amide bonds. The van der Waals surface area contributed by atoms with Crippen LogP contribution < -0.4 is 15.0 Å². The van der Waals surface area contributed by atoms with Gasteiger partial charge in [0.05, 0.1) is 35.8 Å². The second kappa shape index (κ2) is 11.1. The minimum atomic E-state index is -1.11. The van der Waals surface area contributed by atoms with Gasteiger partial charge in [-0.1, -0.05) is 36.7 Å². The fraction of sp³-hybridized carbons (Fsp3) is 0.360. The third-order valence-corrected chi connectivity index (χ3v) is 5.68. The second-order valence-corrected chi connectivity index (χ2v) is 9.96. The van der Waals surface area contributed by atoms with E-state index in [1.54, 1.807) is 25.1 Å². The maximum absolute atomic E-state index is 13.4. The minimum Gasteiger partial charge on any atom is -0.493 e. The molecule has 0 fully saturated rings. The van der Waals surface area contributed by atoms with Gasteiger partial charge in [0.2, 0.25) is 5.75 Å². The molecule has 11 nitrogen and oxygen atoms in total. The number of nitro groups is 1. The highest BCUT2D eigenvalue weighted by atomic mass is 79.9. The quantitative estimate of drug-likeness (QED) is 0.165. The fourth-order valence-electron chi connectivity index (χ4n) is 3.44. The Morgan fingerprint density at radius 2 is 2.00 bits per heavy atom. The zero-order chi connectivity index (χ0) is 27.5. The number of methoxy groups -OCH3 is 1. The third kappa shape index (κ3) is 6.13. The number of benzene rings is 2. The number of rotatable bonds is 8. The van der Waals surface area contributed by atoms with Crippen LogP contribution in [0.25, 0.3) is 10.9 Å².